The number of hydrogen-bond acceptors (Lipinski definition) is 4. The minimum Gasteiger partial charge on any atom is -0.478 e. The van der Waals surface area contributed by atoms with E-state index in [1.165, 1.54) is 68.6 Å². The maximum atomic E-state index is 14.3. The maximum absolute atomic E-state index is 14.3. The summed E-state index contributed by atoms with van der Waals surface area (Å²) in [7, 11) is 1.45. The Morgan fingerprint density at radius 3 is 1.91 bits per heavy atom. The largest absolute Gasteiger partial charge is 0.478 e. The molecule has 0 heterocycles. The van der Waals surface area contributed by atoms with Crippen LogP contribution in [0, 0.1) is 20.8 Å². The Bertz CT molecular complexity index is 1800. The number of aryl methyl sites for hydroxylation is 3. The van der Waals surface area contributed by atoms with E-state index in [4.69, 9.17) is 0 Å². The molecular weight excluding hydrogens is 573 g/mol. The second-order valence-electron chi connectivity index (χ2n) is 10.4. The topological polar surface area (TPSA) is 113 Å². The van der Waals surface area contributed by atoms with Crippen molar-refractivity contribution in [3.05, 3.63) is 134 Å². The number of anilines is 1. The second kappa shape index (κ2) is 12.5. The summed E-state index contributed by atoms with van der Waals surface area (Å²) in [6, 6.07) is 18.2. The molecule has 4 rings (SSSR count). The van der Waals surface area contributed by atoms with E-state index in [1.54, 1.807) is 26.0 Å². The summed E-state index contributed by atoms with van der Waals surface area (Å²) in [5, 5.41) is 14.7. The van der Waals surface area contributed by atoms with Gasteiger partial charge in [0.25, 0.3) is 11.8 Å². The fourth-order valence-corrected chi connectivity index (χ4v) is 5.12. The molecule has 0 radical (unpaired) electrons. The fraction of sp³-hybridized carbons (Fsp3) is 0.176. The van der Waals surface area contributed by atoms with Gasteiger partial charge in [-0.3, -0.25) is 14.4 Å². The number of carbonyl (C=O) groups is 4. The van der Waals surface area contributed by atoms with Crippen LogP contribution >= 0.6 is 0 Å². The molecule has 0 aliphatic heterocycles. The van der Waals surface area contributed by atoms with Gasteiger partial charge in [0.2, 0.25) is 0 Å². The first kappa shape index (κ1) is 31.7. The van der Waals surface area contributed by atoms with Crippen LogP contribution in [-0.4, -0.2) is 41.9 Å². The van der Waals surface area contributed by atoms with Gasteiger partial charge in [-0.2, -0.15) is 13.2 Å². The Morgan fingerprint density at radius 2 is 1.32 bits per heavy atom. The fourth-order valence-electron chi connectivity index (χ4n) is 5.12. The van der Waals surface area contributed by atoms with Crippen molar-refractivity contribution in [3.8, 4) is 0 Å². The Balaban J connectivity index is 1.67. The van der Waals surface area contributed by atoms with E-state index in [9.17, 15) is 37.5 Å². The minimum atomic E-state index is -4.58. The van der Waals surface area contributed by atoms with Gasteiger partial charge in [-0.25, -0.2) is 4.79 Å². The number of amides is 2. The number of ketones is 1. The number of carboxylic acid groups (broad SMARTS) is 1. The zero-order valence-electron chi connectivity index (χ0n) is 24.3. The number of carboxylic acids is 1. The number of aromatic carboxylic acids is 1. The lowest BCUT2D eigenvalue weighted by Crippen LogP contribution is -2.24. The molecule has 0 saturated carbocycles. The summed E-state index contributed by atoms with van der Waals surface area (Å²) in [5.74, 6) is -5.13. The van der Waals surface area contributed by atoms with Gasteiger partial charge in [0.15, 0.2) is 5.78 Å². The summed E-state index contributed by atoms with van der Waals surface area (Å²) < 4.78 is 43.0. The van der Waals surface area contributed by atoms with Crippen LogP contribution in [0.2, 0.25) is 0 Å². The standard InChI is InChI=1S/C34H29F3N2O5/c1-18-8-11-25(19(2)14-18)29(34(35,36)37)26-13-10-24(15-20(26)3)39-32(42)28-17-22(9-12-27(28)33(43)44)30(40)21-6-5-7-23(16-21)31(41)38-4/h5-17,29H,1-4H3,(H,38,41)(H,39,42)(H,43,44). The molecular formula is C34H29F3N2O5. The molecule has 0 aliphatic rings. The van der Waals surface area contributed by atoms with E-state index >= 15 is 0 Å². The monoisotopic (exact) mass is 602 g/mol. The molecule has 4 aromatic rings. The Morgan fingerprint density at radius 1 is 0.705 bits per heavy atom. The molecule has 1 unspecified atom stereocenters. The number of nitrogens with one attached hydrogen (secondary N) is 2. The maximum Gasteiger partial charge on any atom is 0.399 e. The van der Waals surface area contributed by atoms with Crippen molar-refractivity contribution in [2.45, 2.75) is 32.9 Å². The molecule has 1 atom stereocenters. The number of halogens is 3. The van der Waals surface area contributed by atoms with Gasteiger partial charge < -0.3 is 15.7 Å². The normalized spacial score (nSPS) is 11.9. The highest BCUT2D eigenvalue weighted by atomic mass is 19.4. The van der Waals surface area contributed by atoms with E-state index < -0.39 is 35.7 Å². The third-order valence-electron chi connectivity index (χ3n) is 7.27. The summed E-state index contributed by atoms with van der Waals surface area (Å²) in [6.45, 7) is 4.93. The van der Waals surface area contributed by atoms with E-state index in [-0.39, 0.29) is 50.2 Å². The van der Waals surface area contributed by atoms with E-state index in [2.05, 4.69) is 10.6 Å². The number of carbonyl (C=O) groups excluding carboxylic acids is 3. The molecule has 4 aromatic carbocycles. The average Bonchev–Trinajstić information content (AvgIpc) is 2.97. The van der Waals surface area contributed by atoms with Gasteiger partial charge in [-0.1, -0.05) is 48.0 Å². The van der Waals surface area contributed by atoms with Crippen molar-refractivity contribution in [1.82, 2.24) is 5.32 Å². The van der Waals surface area contributed by atoms with Gasteiger partial charge in [-0.15, -0.1) is 0 Å². The minimum absolute atomic E-state index is 0.00206. The first-order valence-electron chi connectivity index (χ1n) is 13.5. The van der Waals surface area contributed by atoms with Crippen LogP contribution < -0.4 is 10.6 Å². The van der Waals surface area contributed by atoms with E-state index in [1.807, 2.05) is 0 Å². The third kappa shape index (κ3) is 6.70. The number of alkyl halides is 3. The predicted molar refractivity (Wildman–Crippen MR) is 160 cm³/mol. The number of rotatable bonds is 8. The highest BCUT2D eigenvalue weighted by Gasteiger charge is 2.43. The first-order valence-corrected chi connectivity index (χ1v) is 13.5. The average molecular weight is 603 g/mol. The molecule has 0 aliphatic carbocycles. The molecule has 0 aromatic heterocycles. The van der Waals surface area contributed by atoms with Crippen LogP contribution in [0.25, 0.3) is 0 Å². The van der Waals surface area contributed by atoms with Gasteiger partial charge in [0.05, 0.1) is 11.1 Å². The smallest absolute Gasteiger partial charge is 0.399 e. The molecule has 7 nitrogen and oxygen atoms in total. The summed E-state index contributed by atoms with van der Waals surface area (Å²) in [5.41, 5.74) is 1.57. The van der Waals surface area contributed by atoms with Crippen molar-refractivity contribution in [1.29, 1.82) is 0 Å². The Hall–Kier alpha value is -5.25. The molecule has 3 N–H and O–H groups in total. The van der Waals surface area contributed by atoms with E-state index in [0.29, 0.717) is 5.56 Å². The second-order valence-corrected chi connectivity index (χ2v) is 10.4. The van der Waals surface area contributed by atoms with Crippen molar-refractivity contribution >= 4 is 29.3 Å². The van der Waals surface area contributed by atoms with Crippen LogP contribution in [0.1, 0.15) is 80.7 Å². The molecule has 0 saturated heterocycles. The molecule has 0 bridgehead atoms. The Kier molecular flexibility index (Phi) is 9.03. The lowest BCUT2D eigenvalue weighted by atomic mass is 9.85. The van der Waals surface area contributed by atoms with Crippen molar-refractivity contribution < 1.29 is 37.5 Å². The van der Waals surface area contributed by atoms with Crippen LogP contribution in [-0.2, 0) is 0 Å². The quantitative estimate of drug-likeness (QED) is 0.191. The van der Waals surface area contributed by atoms with Gasteiger partial charge in [-0.05, 0) is 79.4 Å². The zero-order chi connectivity index (χ0) is 32.3. The predicted octanol–water partition coefficient (Wildman–Crippen LogP) is 6.85. The summed E-state index contributed by atoms with van der Waals surface area (Å²) in [6.07, 6.45) is -4.58. The highest BCUT2D eigenvalue weighted by Crippen LogP contribution is 2.43. The van der Waals surface area contributed by atoms with Gasteiger partial charge in [0, 0.05) is 29.4 Å². The third-order valence-corrected chi connectivity index (χ3v) is 7.27. The zero-order valence-corrected chi connectivity index (χ0v) is 24.3. The van der Waals surface area contributed by atoms with Crippen LogP contribution in [0.15, 0.2) is 78.9 Å². The molecule has 226 valence electrons. The molecule has 10 heteroatoms. The van der Waals surface area contributed by atoms with E-state index in [0.717, 1.165) is 17.7 Å². The van der Waals surface area contributed by atoms with Crippen LogP contribution in [0.3, 0.4) is 0 Å². The molecule has 0 spiro atoms. The number of hydrogen-bond donors (Lipinski definition) is 3. The number of benzene rings is 4. The first-order chi connectivity index (χ1) is 20.7. The summed E-state index contributed by atoms with van der Waals surface area (Å²) in [4.78, 5) is 50.4. The molecule has 2 amide bonds. The van der Waals surface area contributed by atoms with Crippen LogP contribution in [0.5, 0.6) is 0 Å². The van der Waals surface area contributed by atoms with Gasteiger partial charge >= 0.3 is 12.1 Å². The lowest BCUT2D eigenvalue weighted by Gasteiger charge is -2.25. The van der Waals surface area contributed by atoms with Crippen LogP contribution in [0.4, 0.5) is 18.9 Å². The Labute approximate surface area is 251 Å². The van der Waals surface area contributed by atoms with Crippen molar-refractivity contribution in [2.75, 3.05) is 12.4 Å². The lowest BCUT2D eigenvalue weighted by molar-refractivity contribution is -0.141. The molecule has 44 heavy (non-hydrogen) atoms. The highest BCUT2D eigenvalue weighted by molar-refractivity contribution is 6.15. The SMILES string of the molecule is CNC(=O)c1cccc(C(=O)c2ccc(C(=O)O)c(C(=O)Nc3ccc(C(c4ccc(C)cc4C)C(F)(F)F)c(C)c3)c2)c1. The van der Waals surface area contributed by atoms with Gasteiger partial charge in [0.1, 0.15) is 5.92 Å². The summed E-state index contributed by atoms with van der Waals surface area (Å²) >= 11 is 0. The van der Waals surface area contributed by atoms with Crippen molar-refractivity contribution in [2.24, 2.45) is 0 Å². The molecule has 0 fully saturated rings. The van der Waals surface area contributed by atoms with Crippen molar-refractivity contribution in [3.63, 3.8) is 0 Å².